The lowest BCUT2D eigenvalue weighted by molar-refractivity contribution is -0.120. The lowest BCUT2D eigenvalue weighted by Crippen LogP contribution is -2.34. The van der Waals surface area contributed by atoms with Crippen LogP contribution >= 0.6 is 12.4 Å². The maximum Gasteiger partial charge on any atom is 0.227 e. The van der Waals surface area contributed by atoms with E-state index in [1.165, 1.54) is 0 Å². The second-order valence-electron chi connectivity index (χ2n) is 4.53. The van der Waals surface area contributed by atoms with Crippen molar-refractivity contribution in [1.82, 2.24) is 5.32 Å². The summed E-state index contributed by atoms with van der Waals surface area (Å²) >= 11 is 0. The second kappa shape index (κ2) is 6.61. The predicted octanol–water partition coefficient (Wildman–Crippen LogP) is 2.06. The fraction of sp³-hybridized carbons (Fsp3) is 0.462. The molecule has 0 radical (unpaired) electrons. The van der Waals surface area contributed by atoms with Gasteiger partial charge in [0.25, 0.3) is 0 Å². The van der Waals surface area contributed by atoms with Gasteiger partial charge in [-0.25, -0.2) is 0 Å². The van der Waals surface area contributed by atoms with Crippen LogP contribution in [0.25, 0.3) is 0 Å². The molecule has 100 valence electrons. The number of carbonyl (C=O) groups is 1. The molecule has 0 spiro atoms. The van der Waals surface area contributed by atoms with Crippen molar-refractivity contribution in [2.75, 3.05) is 18.4 Å². The Labute approximate surface area is 113 Å². The number of anilines is 1. The number of nitrogens with one attached hydrogen (secondary N) is 2. The first-order chi connectivity index (χ1) is 8.16. The zero-order valence-corrected chi connectivity index (χ0v) is 11.2. The summed E-state index contributed by atoms with van der Waals surface area (Å²) in [5.74, 6) is 0.182. The molecule has 1 aliphatic heterocycles. The van der Waals surface area contributed by atoms with Crippen LogP contribution in [0.2, 0.25) is 0 Å². The van der Waals surface area contributed by atoms with Crippen molar-refractivity contribution in [2.45, 2.75) is 19.8 Å². The quantitative estimate of drug-likeness (QED) is 0.721. The smallest absolute Gasteiger partial charge is 0.227 e. The molecule has 0 aromatic heterocycles. The standard InChI is InChI=1S/C13H18N2O2.ClH/c1-9-2-3-12(16)11(8-9)15-13(17)10-4-6-14-7-5-10;/h2-3,8,10,14,16H,4-7H2,1H3,(H,15,17);1H. The van der Waals surface area contributed by atoms with E-state index in [2.05, 4.69) is 10.6 Å². The second-order valence-corrected chi connectivity index (χ2v) is 4.53. The molecule has 1 aliphatic rings. The van der Waals surface area contributed by atoms with Crippen molar-refractivity contribution in [1.29, 1.82) is 0 Å². The maximum atomic E-state index is 12.0. The van der Waals surface area contributed by atoms with E-state index in [1.54, 1.807) is 12.1 Å². The summed E-state index contributed by atoms with van der Waals surface area (Å²) in [6.07, 6.45) is 1.72. The molecule has 0 bridgehead atoms. The zero-order chi connectivity index (χ0) is 12.3. The van der Waals surface area contributed by atoms with Gasteiger partial charge in [-0.15, -0.1) is 12.4 Å². The molecule has 0 aliphatic carbocycles. The van der Waals surface area contributed by atoms with Crippen LogP contribution in [0.3, 0.4) is 0 Å². The number of aromatic hydroxyl groups is 1. The van der Waals surface area contributed by atoms with Gasteiger partial charge in [0.05, 0.1) is 5.69 Å². The fourth-order valence-electron chi connectivity index (χ4n) is 2.07. The van der Waals surface area contributed by atoms with Gasteiger partial charge < -0.3 is 15.7 Å². The first-order valence-corrected chi connectivity index (χ1v) is 5.98. The van der Waals surface area contributed by atoms with E-state index in [4.69, 9.17) is 0 Å². The third kappa shape index (κ3) is 3.62. The zero-order valence-electron chi connectivity index (χ0n) is 10.4. The number of benzene rings is 1. The highest BCUT2D eigenvalue weighted by Gasteiger charge is 2.21. The molecule has 3 N–H and O–H groups in total. The molecule has 1 aromatic carbocycles. The summed E-state index contributed by atoms with van der Waals surface area (Å²) in [5.41, 5.74) is 1.52. The van der Waals surface area contributed by atoms with Crippen molar-refractivity contribution in [3.05, 3.63) is 23.8 Å². The summed E-state index contributed by atoms with van der Waals surface area (Å²) < 4.78 is 0. The van der Waals surface area contributed by atoms with Gasteiger partial charge in [-0.3, -0.25) is 4.79 Å². The molecule has 2 rings (SSSR count). The van der Waals surface area contributed by atoms with Gasteiger partial charge in [-0.2, -0.15) is 0 Å². The summed E-state index contributed by atoms with van der Waals surface area (Å²) in [6, 6.07) is 5.21. The summed E-state index contributed by atoms with van der Waals surface area (Å²) in [6.45, 7) is 3.70. The molecule has 1 fully saturated rings. The van der Waals surface area contributed by atoms with Crippen LogP contribution in [0.1, 0.15) is 18.4 Å². The molecule has 1 saturated heterocycles. The van der Waals surface area contributed by atoms with Crippen molar-refractivity contribution in [2.24, 2.45) is 5.92 Å². The minimum absolute atomic E-state index is 0. The SMILES string of the molecule is Cc1ccc(O)c(NC(=O)C2CCNCC2)c1.Cl. The Kier molecular flexibility index (Phi) is 5.44. The fourth-order valence-corrected chi connectivity index (χ4v) is 2.07. The highest BCUT2D eigenvalue weighted by molar-refractivity contribution is 5.94. The van der Waals surface area contributed by atoms with Crippen molar-refractivity contribution < 1.29 is 9.90 Å². The van der Waals surface area contributed by atoms with E-state index in [1.807, 2.05) is 13.0 Å². The van der Waals surface area contributed by atoms with Crippen LogP contribution in [0.4, 0.5) is 5.69 Å². The third-order valence-corrected chi connectivity index (χ3v) is 3.12. The number of amides is 1. The van der Waals surface area contributed by atoms with Crippen LogP contribution in [-0.4, -0.2) is 24.1 Å². The Balaban J connectivity index is 0.00000162. The summed E-state index contributed by atoms with van der Waals surface area (Å²) in [7, 11) is 0. The minimum Gasteiger partial charge on any atom is -0.506 e. The van der Waals surface area contributed by atoms with E-state index >= 15 is 0 Å². The van der Waals surface area contributed by atoms with Crippen LogP contribution < -0.4 is 10.6 Å². The van der Waals surface area contributed by atoms with Crippen LogP contribution in [-0.2, 0) is 4.79 Å². The highest BCUT2D eigenvalue weighted by atomic mass is 35.5. The molecular formula is C13H19ClN2O2. The lowest BCUT2D eigenvalue weighted by Gasteiger charge is -2.22. The molecule has 0 atom stereocenters. The number of rotatable bonds is 2. The van der Waals surface area contributed by atoms with E-state index in [9.17, 15) is 9.90 Å². The number of hydrogen-bond acceptors (Lipinski definition) is 3. The van der Waals surface area contributed by atoms with Gasteiger partial charge in [0.1, 0.15) is 5.75 Å². The number of aryl methyl sites for hydroxylation is 1. The van der Waals surface area contributed by atoms with Crippen LogP contribution in [0.5, 0.6) is 5.75 Å². The van der Waals surface area contributed by atoms with Gasteiger partial charge in [-0.1, -0.05) is 6.07 Å². The summed E-state index contributed by atoms with van der Waals surface area (Å²) in [5, 5.41) is 15.7. The molecule has 1 aromatic rings. The largest absolute Gasteiger partial charge is 0.506 e. The van der Waals surface area contributed by atoms with Gasteiger partial charge in [0, 0.05) is 5.92 Å². The Morgan fingerprint density at radius 3 is 2.72 bits per heavy atom. The molecule has 18 heavy (non-hydrogen) atoms. The first kappa shape index (κ1) is 14.8. The van der Waals surface area contributed by atoms with Gasteiger partial charge in [0.15, 0.2) is 0 Å². The van der Waals surface area contributed by atoms with Gasteiger partial charge in [0.2, 0.25) is 5.91 Å². The Hall–Kier alpha value is -1.26. The van der Waals surface area contributed by atoms with E-state index in [0.717, 1.165) is 31.5 Å². The average Bonchev–Trinajstić information content (AvgIpc) is 2.35. The average molecular weight is 271 g/mol. The van der Waals surface area contributed by atoms with Crippen molar-refractivity contribution >= 4 is 24.0 Å². The number of piperidine rings is 1. The number of phenolic OH excluding ortho intramolecular Hbond substituents is 1. The van der Waals surface area contributed by atoms with Gasteiger partial charge >= 0.3 is 0 Å². The molecule has 4 nitrogen and oxygen atoms in total. The Bertz CT molecular complexity index is 417. The molecule has 1 amide bonds. The first-order valence-electron chi connectivity index (χ1n) is 5.98. The topological polar surface area (TPSA) is 61.4 Å². The summed E-state index contributed by atoms with van der Waals surface area (Å²) in [4.78, 5) is 12.0. The predicted molar refractivity (Wildman–Crippen MR) is 74.3 cm³/mol. The normalized spacial score (nSPS) is 15.8. The van der Waals surface area contributed by atoms with Crippen LogP contribution in [0.15, 0.2) is 18.2 Å². The van der Waals surface area contributed by atoms with Crippen molar-refractivity contribution in [3.8, 4) is 5.75 Å². The molecule has 5 heteroatoms. The van der Waals surface area contributed by atoms with Gasteiger partial charge in [-0.05, 0) is 50.6 Å². The minimum atomic E-state index is 0. The Morgan fingerprint density at radius 1 is 1.39 bits per heavy atom. The molecule has 0 saturated carbocycles. The molecule has 1 heterocycles. The number of halogens is 1. The van der Waals surface area contributed by atoms with E-state index in [0.29, 0.717) is 5.69 Å². The maximum absolute atomic E-state index is 12.0. The van der Waals surface area contributed by atoms with Crippen molar-refractivity contribution in [3.63, 3.8) is 0 Å². The third-order valence-electron chi connectivity index (χ3n) is 3.12. The molecule has 0 unspecified atom stereocenters. The number of carbonyl (C=O) groups excluding carboxylic acids is 1. The monoisotopic (exact) mass is 270 g/mol. The van der Waals surface area contributed by atoms with E-state index < -0.39 is 0 Å². The number of hydrogen-bond donors (Lipinski definition) is 3. The highest BCUT2D eigenvalue weighted by Crippen LogP contribution is 2.25. The molecular weight excluding hydrogens is 252 g/mol. The van der Waals surface area contributed by atoms with Crippen LogP contribution in [0, 0.1) is 12.8 Å². The Morgan fingerprint density at radius 2 is 2.06 bits per heavy atom. The lowest BCUT2D eigenvalue weighted by atomic mass is 9.97. The number of phenols is 1. The van der Waals surface area contributed by atoms with E-state index in [-0.39, 0.29) is 30.0 Å².